The maximum Gasteiger partial charge on any atom is 0.307 e. The molecule has 0 fully saturated rings. The minimum absolute atomic E-state index is 0.0641. The fraction of sp³-hybridized carbons (Fsp3) is 0.455. The first-order chi connectivity index (χ1) is 7.61. The van der Waals surface area contributed by atoms with Gasteiger partial charge in [-0.25, -0.2) is 0 Å². The first kappa shape index (κ1) is 12.7. The van der Waals surface area contributed by atoms with Gasteiger partial charge in [0.1, 0.15) is 0 Å². The molecule has 1 heterocycles. The van der Waals surface area contributed by atoms with Gasteiger partial charge in [0.15, 0.2) is 0 Å². The van der Waals surface area contributed by atoms with E-state index in [2.05, 4.69) is 10.1 Å². The Hall–Kier alpha value is -1.36. The molecular weight excluding hydrogens is 226 g/mol. The summed E-state index contributed by atoms with van der Waals surface area (Å²) in [5.74, 6) is -0.377. The molecule has 0 saturated heterocycles. The van der Waals surface area contributed by atoms with Crippen LogP contribution in [0.1, 0.15) is 16.2 Å². The van der Waals surface area contributed by atoms with Gasteiger partial charge in [0.2, 0.25) is 5.91 Å². The summed E-state index contributed by atoms with van der Waals surface area (Å²) in [7, 11) is 1.33. The summed E-state index contributed by atoms with van der Waals surface area (Å²) in [5, 5.41) is 2.67. The quantitative estimate of drug-likeness (QED) is 0.790. The fourth-order valence-electron chi connectivity index (χ4n) is 1.21. The van der Waals surface area contributed by atoms with Crippen LogP contribution in [0.25, 0.3) is 0 Å². The molecule has 0 bridgehead atoms. The maximum atomic E-state index is 11.4. The Morgan fingerprint density at radius 3 is 2.75 bits per heavy atom. The van der Waals surface area contributed by atoms with Crippen molar-refractivity contribution in [1.82, 2.24) is 5.32 Å². The van der Waals surface area contributed by atoms with Crippen molar-refractivity contribution in [2.75, 3.05) is 13.7 Å². The number of ether oxygens (including phenoxy) is 1. The zero-order valence-corrected chi connectivity index (χ0v) is 10.2. The summed E-state index contributed by atoms with van der Waals surface area (Å²) in [5.41, 5.74) is 0. The number of amides is 1. The summed E-state index contributed by atoms with van der Waals surface area (Å²) < 4.78 is 4.47. The highest BCUT2D eigenvalue weighted by atomic mass is 32.1. The molecule has 0 aliphatic carbocycles. The van der Waals surface area contributed by atoms with E-state index in [0.29, 0.717) is 13.0 Å². The van der Waals surface area contributed by atoms with E-state index >= 15 is 0 Å². The molecule has 0 radical (unpaired) electrons. The maximum absolute atomic E-state index is 11.4. The van der Waals surface area contributed by atoms with Gasteiger partial charge in [0.05, 0.1) is 20.0 Å². The molecule has 5 heteroatoms. The van der Waals surface area contributed by atoms with Crippen LogP contribution in [0.4, 0.5) is 0 Å². The third-order valence-electron chi connectivity index (χ3n) is 2.01. The summed E-state index contributed by atoms with van der Waals surface area (Å²) in [4.78, 5) is 24.4. The average molecular weight is 241 g/mol. The number of esters is 1. The lowest BCUT2D eigenvalue weighted by molar-refractivity contribution is -0.140. The van der Waals surface area contributed by atoms with Gasteiger partial charge in [0.25, 0.3) is 0 Å². The van der Waals surface area contributed by atoms with Crippen molar-refractivity contribution in [3.05, 3.63) is 21.9 Å². The number of methoxy groups -OCH3 is 1. The summed E-state index contributed by atoms with van der Waals surface area (Å²) in [6, 6.07) is 3.93. The minimum atomic E-state index is -0.313. The van der Waals surface area contributed by atoms with Crippen molar-refractivity contribution in [2.24, 2.45) is 0 Å². The molecule has 4 nitrogen and oxygen atoms in total. The molecule has 88 valence electrons. The van der Waals surface area contributed by atoms with Crippen LogP contribution >= 0.6 is 11.3 Å². The molecule has 0 saturated carbocycles. The molecule has 1 amide bonds. The number of nitrogens with one attached hydrogen (secondary N) is 1. The lowest BCUT2D eigenvalue weighted by Crippen LogP contribution is -2.27. The lowest BCUT2D eigenvalue weighted by atomic mass is 10.3. The Bertz CT molecular complexity index is 373. The Kier molecular flexibility index (Phi) is 4.98. The second-order valence-corrected chi connectivity index (χ2v) is 4.74. The van der Waals surface area contributed by atoms with Crippen molar-refractivity contribution in [1.29, 1.82) is 0 Å². The highest BCUT2D eigenvalue weighted by Gasteiger charge is 2.06. The standard InChI is InChI=1S/C11H15NO3S/c1-8-3-4-9(16-8)7-10(13)12-6-5-11(14)15-2/h3-4H,5-7H2,1-2H3,(H,12,13). The predicted octanol–water partition coefficient (Wildman–Crippen LogP) is 1.28. The highest BCUT2D eigenvalue weighted by Crippen LogP contribution is 2.15. The monoisotopic (exact) mass is 241 g/mol. The number of rotatable bonds is 5. The first-order valence-electron chi connectivity index (χ1n) is 5.00. The molecule has 0 aromatic carbocycles. The van der Waals surface area contributed by atoms with Crippen LogP contribution in [0.3, 0.4) is 0 Å². The summed E-state index contributed by atoms with van der Waals surface area (Å²) >= 11 is 1.61. The van der Waals surface area contributed by atoms with Crippen LogP contribution in [-0.4, -0.2) is 25.5 Å². The van der Waals surface area contributed by atoms with Gasteiger partial charge in [-0.15, -0.1) is 11.3 Å². The van der Waals surface area contributed by atoms with E-state index in [1.165, 1.54) is 12.0 Å². The summed E-state index contributed by atoms with van der Waals surface area (Å²) in [6.45, 7) is 2.33. The largest absolute Gasteiger partial charge is 0.469 e. The average Bonchev–Trinajstić information content (AvgIpc) is 2.63. The minimum Gasteiger partial charge on any atom is -0.469 e. The smallest absolute Gasteiger partial charge is 0.307 e. The number of carbonyl (C=O) groups is 2. The number of hydrogen-bond acceptors (Lipinski definition) is 4. The number of aryl methyl sites for hydroxylation is 1. The molecule has 0 aliphatic rings. The van der Waals surface area contributed by atoms with E-state index in [0.717, 1.165) is 4.88 Å². The first-order valence-corrected chi connectivity index (χ1v) is 5.82. The second kappa shape index (κ2) is 6.27. The van der Waals surface area contributed by atoms with E-state index in [1.807, 2.05) is 19.1 Å². The lowest BCUT2D eigenvalue weighted by Gasteiger charge is -2.02. The third-order valence-corrected chi connectivity index (χ3v) is 3.01. The highest BCUT2D eigenvalue weighted by molar-refractivity contribution is 7.12. The molecule has 1 N–H and O–H groups in total. The van der Waals surface area contributed by atoms with Crippen LogP contribution in [-0.2, 0) is 20.7 Å². The predicted molar refractivity (Wildman–Crippen MR) is 62.4 cm³/mol. The van der Waals surface area contributed by atoms with E-state index < -0.39 is 0 Å². The van der Waals surface area contributed by atoms with Crippen LogP contribution < -0.4 is 5.32 Å². The summed E-state index contributed by atoms with van der Waals surface area (Å²) in [6.07, 6.45) is 0.589. The molecule has 0 spiro atoms. The van der Waals surface area contributed by atoms with Gasteiger partial charge in [-0.1, -0.05) is 0 Å². The van der Waals surface area contributed by atoms with Crippen LogP contribution in [0, 0.1) is 6.92 Å². The number of carbonyl (C=O) groups excluding carboxylic acids is 2. The van der Waals surface area contributed by atoms with Gasteiger partial charge in [-0.05, 0) is 19.1 Å². The second-order valence-electron chi connectivity index (χ2n) is 3.37. The van der Waals surface area contributed by atoms with Gasteiger partial charge in [-0.2, -0.15) is 0 Å². The molecule has 1 aromatic rings. The molecule has 1 aromatic heterocycles. The SMILES string of the molecule is COC(=O)CCNC(=O)Cc1ccc(C)s1. The van der Waals surface area contributed by atoms with Crippen molar-refractivity contribution in [2.45, 2.75) is 19.8 Å². The fourth-order valence-corrected chi connectivity index (χ4v) is 2.10. The Morgan fingerprint density at radius 1 is 1.44 bits per heavy atom. The van der Waals surface area contributed by atoms with Crippen LogP contribution in [0.15, 0.2) is 12.1 Å². The Morgan fingerprint density at radius 2 is 2.19 bits per heavy atom. The van der Waals surface area contributed by atoms with Gasteiger partial charge in [0, 0.05) is 16.3 Å². The van der Waals surface area contributed by atoms with Crippen molar-refractivity contribution in [3.63, 3.8) is 0 Å². The van der Waals surface area contributed by atoms with Gasteiger partial charge < -0.3 is 10.1 Å². The molecular formula is C11H15NO3S. The molecule has 0 aliphatic heterocycles. The van der Waals surface area contributed by atoms with E-state index in [-0.39, 0.29) is 18.3 Å². The Balaban J connectivity index is 2.23. The topological polar surface area (TPSA) is 55.4 Å². The van der Waals surface area contributed by atoms with Crippen LogP contribution in [0.5, 0.6) is 0 Å². The molecule has 1 rings (SSSR count). The zero-order chi connectivity index (χ0) is 12.0. The van der Waals surface area contributed by atoms with E-state index in [1.54, 1.807) is 11.3 Å². The third kappa shape index (κ3) is 4.44. The molecule has 16 heavy (non-hydrogen) atoms. The molecule has 0 unspecified atom stereocenters. The van der Waals surface area contributed by atoms with Crippen molar-refractivity contribution < 1.29 is 14.3 Å². The number of thiophene rings is 1. The van der Waals surface area contributed by atoms with Gasteiger partial charge in [-0.3, -0.25) is 9.59 Å². The van der Waals surface area contributed by atoms with E-state index in [4.69, 9.17) is 0 Å². The van der Waals surface area contributed by atoms with Gasteiger partial charge >= 0.3 is 5.97 Å². The van der Waals surface area contributed by atoms with Crippen molar-refractivity contribution >= 4 is 23.2 Å². The van der Waals surface area contributed by atoms with Crippen LogP contribution in [0.2, 0.25) is 0 Å². The zero-order valence-electron chi connectivity index (χ0n) is 9.41. The van der Waals surface area contributed by atoms with E-state index in [9.17, 15) is 9.59 Å². The molecule has 0 atom stereocenters. The number of hydrogen-bond donors (Lipinski definition) is 1. The normalized spacial score (nSPS) is 9.88. The Labute approximate surface area is 98.6 Å². The van der Waals surface area contributed by atoms with Crippen molar-refractivity contribution in [3.8, 4) is 0 Å².